The second-order valence-electron chi connectivity index (χ2n) is 9.55. The molecule has 0 aliphatic carbocycles. The van der Waals surface area contributed by atoms with Crippen LogP contribution in [-0.4, -0.2) is 15.0 Å². The topological polar surface area (TPSA) is 57.1 Å². The van der Waals surface area contributed by atoms with Gasteiger partial charge in [0.2, 0.25) is 0 Å². The van der Waals surface area contributed by atoms with Gasteiger partial charge in [-0.25, -0.2) is 4.39 Å². The molecule has 0 aliphatic rings. The predicted molar refractivity (Wildman–Crippen MR) is 163 cm³/mol. The first kappa shape index (κ1) is 27.1. The van der Waals surface area contributed by atoms with Gasteiger partial charge in [0.25, 0.3) is 0 Å². The smallest absolute Gasteiger partial charge is 0.133 e. The average Bonchev–Trinajstić information content (AvgIpc) is 3.05. The largest absolute Gasteiger partial charge is 0.489 e. The highest BCUT2D eigenvalue weighted by Gasteiger charge is 2.19. The molecule has 3 aromatic heterocycles. The van der Waals surface area contributed by atoms with E-state index in [1.165, 1.54) is 12.3 Å². The third-order valence-electron chi connectivity index (χ3n) is 6.73. The van der Waals surface area contributed by atoms with E-state index in [-0.39, 0.29) is 5.82 Å². The quantitative estimate of drug-likeness (QED) is 0.173. The summed E-state index contributed by atoms with van der Waals surface area (Å²) in [5, 5.41) is 0.481. The fraction of sp³-hybridized carbons (Fsp3) is 0.0571. The Morgan fingerprint density at radius 1 is 0.595 bits per heavy atom. The molecule has 0 N–H and O–H groups in total. The van der Waals surface area contributed by atoms with Crippen LogP contribution in [0.15, 0.2) is 128 Å². The first-order valence-corrected chi connectivity index (χ1v) is 13.7. The lowest BCUT2D eigenvalue weighted by molar-refractivity contribution is 0.306. The van der Waals surface area contributed by atoms with Crippen LogP contribution < -0.4 is 9.47 Å². The molecule has 7 heteroatoms. The molecule has 3 heterocycles. The fourth-order valence-corrected chi connectivity index (χ4v) is 4.75. The standard InChI is InChI=1S/C35H25ClFN3O2/c36-28-7-14-33(40-21-28)35-32(37)13-12-31(26-3-8-29(9-4-26)41-22-24-15-18-38-19-16-24)34(35)27-5-10-30(11-6-27)42-23-25-2-1-17-39-20-25/h1-21H,22-23H2. The number of hydrogen-bond donors (Lipinski definition) is 0. The van der Waals surface area contributed by atoms with Crippen molar-refractivity contribution in [3.05, 3.63) is 150 Å². The second-order valence-corrected chi connectivity index (χ2v) is 9.99. The number of rotatable bonds is 9. The minimum Gasteiger partial charge on any atom is -0.489 e. The second kappa shape index (κ2) is 12.6. The Balaban J connectivity index is 1.35. The molecular weight excluding hydrogens is 549 g/mol. The molecule has 0 spiro atoms. The molecule has 5 nitrogen and oxygen atoms in total. The van der Waals surface area contributed by atoms with Gasteiger partial charge in [0.05, 0.1) is 10.7 Å². The Labute approximate surface area is 248 Å². The molecule has 206 valence electrons. The summed E-state index contributed by atoms with van der Waals surface area (Å²) in [6.45, 7) is 0.833. The maximum absolute atomic E-state index is 15.6. The molecule has 0 aliphatic heterocycles. The van der Waals surface area contributed by atoms with Crippen molar-refractivity contribution in [2.24, 2.45) is 0 Å². The van der Waals surface area contributed by atoms with Gasteiger partial charge in [-0.2, -0.15) is 0 Å². The van der Waals surface area contributed by atoms with E-state index in [9.17, 15) is 0 Å². The lowest BCUT2D eigenvalue weighted by Crippen LogP contribution is -1.98. The molecule has 0 atom stereocenters. The molecule has 0 saturated carbocycles. The van der Waals surface area contributed by atoms with Gasteiger partial charge in [0, 0.05) is 47.7 Å². The van der Waals surface area contributed by atoms with Gasteiger partial charge in [-0.05, 0) is 82.9 Å². The minimum absolute atomic E-state index is 0.377. The molecule has 0 bridgehead atoms. The van der Waals surface area contributed by atoms with Gasteiger partial charge in [-0.15, -0.1) is 0 Å². The molecule has 42 heavy (non-hydrogen) atoms. The van der Waals surface area contributed by atoms with Crippen molar-refractivity contribution in [3.8, 4) is 45.0 Å². The van der Waals surface area contributed by atoms with Crippen LogP contribution in [0.1, 0.15) is 11.1 Å². The van der Waals surface area contributed by atoms with Crippen molar-refractivity contribution in [2.45, 2.75) is 13.2 Å². The van der Waals surface area contributed by atoms with E-state index in [4.69, 9.17) is 21.1 Å². The number of pyridine rings is 3. The van der Waals surface area contributed by atoms with E-state index >= 15 is 4.39 Å². The van der Waals surface area contributed by atoms with Crippen LogP contribution in [0.4, 0.5) is 4.39 Å². The van der Waals surface area contributed by atoms with Crippen LogP contribution in [0.2, 0.25) is 5.02 Å². The van der Waals surface area contributed by atoms with Gasteiger partial charge >= 0.3 is 0 Å². The molecule has 0 fully saturated rings. The summed E-state index contributed by atoms with van der Waals surface area (Å²) in [4.78, 5) is 12.6. The van der Waals surface area contributed by atoms with Crippen molar-refractivity contribution < 1.29 is 13.9 Å². The molecule has 0 amide bonds. The Morgan fingerprint density at radius 3 is 1.93 bits per heavy atom. The minimum atomic E-state index is -0.377. The molecular formula is C35H25ClFN3O2. The molecule has 0 unspecified atom stereocenters. The zero-order valence-corrected chi connectivity index (χ0v) is 23.2. The van der Waals surface area contributed by atoms with E-state index in [0.717, 1.165) is 33.6 Å². The normalized spacial score (nSPS) is 10.8. The van der Waals surface area contributed by atoms with Gasteiger partial charge in [-0.3, -0.25) is 15.0 Å². The highest BCUT2D eigenvalue weighted by molar-refractivity contribution is 6.30. The first-order chi connectivity index (χ1) is 20.6. The van der Waals surface area contributed by atoms with E-state index in [0.29, 0.717) is 40.8 Å². The molecule has 0 radical (unpaired) electrons. The van der Waals surface area contributed by atoms with Gasteiger partial charge in [-0.1, -0.05) is 48.0 Å². The van der Waals surface area contributed by atoms with Crippen LogP contribution in [0.5, 0.6) is 11.5 Å². The van der Waals surface area contributed by atoms with Crippen LogP contribution in [-0.2, 0) is 13.2 Å². The number of hydrogen-bond acceptors (Lipinski definition) is 5. The summed E-state index contributed by atoms with van der Waals surface area (Å²) in [5.41, 5.74) is 6.19. The summed E-state index contributed by atoms with van der Waals surface area (Å²) in [6.07, 6.45) is 8.51. The average molecular weight is 574 g/mol. The molecule has 6 aromatic rings. The number of nitrogens with zero attached hydrogens (tertiary/aromatic N) is 3. The zero-order valence-electron chi connectivity index (χ0n) is 22.5. The fourth-order valence-electron chi connectivity index (χ4n) is 4.64. The Morgan fingerprint density at radius 2 is 1.29 bits per heavy atom. The maximum Gasteiger partial charge on any atom is 0.133 e. The summed E-state index contributed by atoms with van der Waals surface area (Å²) < 4.78 is 27.5. The SMILES string of the molecule is Fc1ccc(-c2ccc(OCc3ccncc3)cc2)c(-c2ccc(OCc3cccnc3)cc2)c1-c1ccc(Cl)cn1. The van der Waals surface area contributed by atoms with Crippen LogP contribution >= 0.6 is 11.6 Å². The molecule has 0 saturated heterocycles. The van der Waals surface area contributed by atoms with Crippen LogP contribution in [0.3, 0.4) is 0 Å². The van der Waals surface area contributed by atoms with E-state index in [1.54, 1.807) is 43.0 Å². The summed E-state index contributed by atoms with van der Waals surface area (Å²) >= 11 is 6.10. The highest BCUT2D eigenvalue weighted by atomic mass is 35.5. The lowest BCUT2D eigenvalue weighted by Gasteiger charge is -2.17. The van der Waals surface area contributed by atoms with Gasteiger partial charge in [0.1, 0.15) is 30.5 Å². The van der Waals surface area contributed by atoms with Gasteiger partial charge in [0.15, 0.2) is 0 Å². The van der Waals surface area contributed by atoms with Crippen LogP contribution in [0, 0.1) is 5.82 Å². The summed E-state index contributed by atoms with van der Waals surface area (Å²) in [7, 11) is 0. The third kappa shape index (κ3) is 6.29. The number of ether oxygens (including phenoxy) is 2. The van der Waals surface area contributed by atoms with Crippen molar-refractivity contribution in [1.29, 1.82) is 0 Å². The monoisotopic (exact) mass is 573 g/mol. The number of benzene rings is 3. The summed E-state index contributed by atoms with van der Waals surface area (Å²) in [5.74, 6) is 1.05. The van der Waals surface area contributed by atoms with E-state index in [1.807, 2.05) is 72.8 Å². The Kier molecular flexibility index (Phi) is 8.15. The van der Waals surface area contributed by atoms with Crippen molar-refractivity contribution in [2.75, 3.05) is 0 Å². The van der Waals surface area contributed by atoms with Crippen LogP contribution in [0.25, 0.3) is 33.5 Å². The highest BCUT2D eigenvalue weighted by Crippen LogP contribution is 2.42. The van der Waals surface area contributed by atoms with Crippen molar-refractivity contribution >= 4 is 11.6 Å². The zero-order chi connectivity index (χ0) is 28.7. The van der Waals surface area contributed by atoms with Crippen molar-refractivity contribution in [3.63, 3.8) is 0 Å². The predicted octanol–water partition coefficient (Wildman–Crippen LogP) is 8.82. The third-order valence-corrected chi connectivity index (χ3v) is 6.95. The maximum atomic E-state index is 15.6. The first-order valence-electron chi connectivity index (χ1n) is 13.3. The van der Waals surface area contributed by atoms with Gasteiger partial charge < -0.3 is 9.47 Å². The van der Waals surface area contributed by atoms with Crippen molar-refractivity contribution in [1.82, 2.24) is 15.0 Å². The summed E-state index contributed by atoms with van der Waals surface area (Å²) in [6, 6.07) is 29.8. The number of aromatic nitrogens is 3. The Bertz CT molecular complexity index is 1770. The number of halogens is 2. The molecule has 3 aromatic carbocycles. The molecule has 6 rings (SSSR count). The van der Waals surface area contributed by atoms with E-state index < -0.39 is 0 Å². The lowest BCUT2D eigenvalue weighted by atomic mass is 9.88. The van der Waals surface area contributed by atoms with E-state index in [2.05, 4.69) is 15.0 Å². The Hall–Kier alpha value is -5.07.